The zero-order valence-electron chi connectivity index (χ0n) is 12.2. The molecule has 0 aliphatic heterocycles. The molecule has 0 radical (unpaired) electrons. The van der Waals surface area contributed by atoms with Crippen molar-refractivity contribution in [2.45, 2.75) is 6.92 Å². The lowest BCUT2D eigenvalue weighted by molar-refractivity contribution is -0.118. The van der Waals surface area contributed by atoms with Gasteiger partial charge >= 0.3 is 0 Å². The predicted octanol–water partition coefficient (Wildman–Crippen LogP) is 3.97. The molecule has 2 N–H and O–H groups in total. The van der Waals surface area contributed by atoms with Gasteiger partial charge in [0, 0.05) is 18.7 Å². The van der Waals surface area contributed by atoms with E-state index in [0.29, 0.717) is 22.1 Å². The molecule has 2 aromatic rings. The van der Waals surface area contributed by atoms with Crippen LogP contribution in [0.15, 0.2) is 42.5 Å². The van der Waals surface area contributed by atoms with Gasteiger partial charge in [-0.2, -0.15) is 0 Å². The van der Waals surface area contributed by atoms with Gasteiger partial charge in [0.25, 0.3) is 5.91 Å². The van der Waals surface area contributed by atoms with E-state index in [2.05, 4.69) is 10.6 Å². The maximum absolute atomic E-state index is 11.9. The zero-order chi connectivity index (χ0) is 16.8. The molecule has 0 heterocycles. The van der Waals surface area contributed by atoms with E-state index in [1.165, 1.54) is 6.92 Å². The second kappa shape index (κ2) is 7.85. The zero-order valence-corrected chi connectivity index (χ0v) is 13.7. The molecule has 5 nitrogen and oxygen atoms in total. The van der Waals surface area contributed by atoms with Crippen LogP contribution in [0.4, 0.5) is 11.4 Å². The van der Waals surface area contributed by atoms with E-state index in [-0.39, 0.29) is 23.4 Å². The third kappa shape index (κ3) is 5.16. The molecule has 23 heavy (non-hydrogen) atoms. The van der Waals surface area contributed by atoms with Crippen LogP contribution < -0.4 is 15.4 Å². The van der Waals surface area contributed by atoms with Gasteiger partial charge in [-0.15, -0.1) is 0 Å². The number of rotatable bonds is 5. The van der Waals surface area contributed by atoms with E-state index in [1.54, 1.807) is 42.5 Å². The van der Waals surface area contributed by atoms with Gasteiger partial charge in [-0.05, 0) is 24.3 Å². The quantitative estimate of drug-likeness (QED) is 0.855. The molecule has 0 aliphatic carbocycles. The highest BCUT2D eigenvalue weighted by atomic mass is 35.5. The van der Waals surface area contributed by atoms with E-state index in [4.69, 9.17) is 27.9 Å². The first-order valence-corrected chi connectivity index (χ1v) is 7.45. The van der Waals surface area contributed by atoms with Gasteiger partial charge < -0.3 is 15.4 Å². The predicted molar refractivity (Wildman–Crippen MR) is 91.3 cm³/mol. The number of carbonyl (C=O) groups excluding carboxylic acids is 2. The Hall–Kier alpha value is -2.24. The number of amides is 2. The van der Waals surface area contributed by atoms with Crippen molar-refractivity contribution in [3.63, 3.8) is 0 Å². The lowest BCUT2D eigenvalue weighted by atomic mass is 10.3. The molecule has 0 fully saturated rings. The summed E-state index contributed by atoms with van der Waals surface area (Å²) >= 11 is 11.9. The van der Waals surface area contributed by atoms with Crippen LogP contribution in [0.3, 0.4) is 0 Å². The van der Waals surface area contributed by atoms with Crippen LogP contribution in [0.5, 0.6) is 5.75 Å². The third-order valence-corrected chi connectivity index (χ3v) is 3.57. The molecule has 7 heteroatoms. The van der Waals surface area contributed by atoms with Crippen LogP contribution in [0.1, 0.15) is 6.92 Å². The van der Waals surface area contributed by atoms with Crippen molar-refractivity contribution in [3.05, 3.63) is 52.5 Å². The second-order valence-corrected chi connectivity index (χ2v) is 5.43. The summed E-state index contributed by atoms with van der Waals surface area (Å²) in [6, 6.07) is 11.7. The summed E-state index contributed by atoms with van der Waals surface area (Å²) in [4.78, 5) is 22.9. The summed E-state index contributed by atoms with van der Waals surface area (Å²) in [5, 5.41) is 5.88. The fourth-order valence-electron chi connectivity index (χ4n) is 1.80. The maximum atomic E-state index is 11.9. The van der Waals surface area contributed by atoms with Crippen LogP contribution in [-0.4, -0.2) is 18.4 Å². The summed E-state index contributed by atoms with van der Waals surface area (Å²) in [5.41, 5.74) is 1.01. The third-order valence-electron chi connectivity index (χ3n) is 2.75. The molecular weight excluding hydrogens is 339 g/mol. The monoisotopic (exact) mass is 352 g/mol. The van der Waals surface area contributed by atoms with Crippen LogP contribution in [0.25, 0.3) is 0 Å². The van der Waals surface area contributed by atoms with E-state index in [9.17, 15) is 9.59 Å². The van der Waals surface area contributed by atoms with Crippen molar-refractivity contribution in [2.24, 2.45) is 0 Å². The van der Waals surface area contributed by atoms with Crippen LogP contribution in [-0.2, 0) is 9.59 Å². The van der Waals surface area contributed by atoms with Gasteiger partial charge in [0.05, 0.1) is 15.7 Å². The van der Waals surface area contributed by atoms with E-state index in [0.717, 1.165) is 0 Å². The van der Waals surface area contributed by atoms with Gasteiger partial charge in [-0.25, -0.2) is 0 Å². The van der Waals surface area contributed by atoms with E-state index < -0.39 is 0 Å². The van der Waals surface area contributed by atoms with Crippen molar-refractivity contribution in [1.82, 2.24) is 0 Å². The Morgan fingerprint density at radius 1 is 1.09 bits per heavy atom. The smallest absolute Gasteiger partial charge is 0.262 e. The number of carbonyl (C=O) groups is 2. The van der Waals surface area contributed by atoms with Crippen molar-refractivity contribution in [1.29, 1.82) is 0 Å². The molecular formula is C16H14Cl2N2O3. The molecule has 2 amide bonds. The molecule has 0 bridgehead atoms. The Bertz CT molecular complexity index is 735. The first-order valence-electron chi connectivity index (χ1n) is 6.70. The van der Waals surface area contributed by atoms with Gasteiger partial charge in [-0.1, -0.05) is 35.3 Å². The fraction of sp³-hybridized carbons (Fsp3) is 0.125. The Balaban J connectivity index is 1.94. The topological polar surface area (TPSA) is 67.4 Å². The standard InChI is InChI=1S/C16H14Cl2N2O3/c1-10(21)19-11-4-2-5-12(8-11)23-9-15(22)20-14-7-3-6-13(17)16(14)18/h2-8H,9H2,1H3,(H,19,21)(H,20,22). The first kappa shape index (κ1) is 17.1. The minimum absolute atomic E-state index is 0.185. The Morgan fingerprint density at radius 2 is 1.83 bits per heavy atom. The molecule has 0 saturated heterocycles. The largest absolute Gasteiger partial charge is 0.484 e. The number of halogens is 2. The van der Waals surface area contributed by atoms with Crippen molar-refractivity contribution in [3.8, 4) is 5.75 Å². The van der Waals surface area contributed by atoms with Crippen molar-refractivity contribution in [2.75, 3.05) is 17.2 Å². The van der Waals surface area contributed by atoms with Crippen LogP contribution >= 0.6 is 23.2 Å². The highest BCUT2D eigenvalue weighted by molar-refractivity contribution is 6.43. The van der Waals surface area contributed by atoms with Crippen molar-refractivity contribution >= 4 is 46.4 Å². The average Bonchev–Trinajstić information content (AvgIpc) is 2.50. The number of benzene rings is 2. The number of hydrogen-bond acceptors (Lipinski definition) is 3. The summed E-state index contributed by atoms with van der Waals surface area (Å²) in [5.74, 6) is -0.0989. The number of hydrogen-bond donors (Lipinski definition) is 2. The minimum atomic E-state index is -0.376. The summed E-state index contributed by atoms with van der Waals surface area (Å²) < 4.78 is 5.39. The van der Waals surface area contributed by atoms with Crippen LogP contribution in [0, 0.1) is 0 Å². The number of nitrogens with one attached hydrogen (secondary N) is 2. The number of anilines is 2. The van der Waals surface area contributed by atoms with Gasteiger partial charge in [0.15, 0.2) is 6.61 Å². The fourth-order valence-corrected chi connectivity index (χ4v) is 2.15. The molecule has 2 rings (SSSR count). The molecule has 0 saturated carbocycles. The van der Waals surface area contributed by atoms with Gasteiger partial charge in [-0.3, -0.25) is 9.59 Å². The Kier molecular flexibility index (Phi) is 5.84. The highest BCUT2D eigenvalue weighted by Crippen LogP contribution is 2.29. The molecule has 0 aromatic heterocycles. The first-order chi connectivity index (χ1) is 11.0. The van der Waals surface area contributed by atoms with Crippen molar-refractivity contribution < 1.29 is 14.3 Å². The normalized spacial score (nSPS) is 10.0. The Labute approximate surface area is 143 Å². The summed E-state index contributed by atoms with van der Waals surface area (Å²) in [7, 11) is 0. The molecule has 0 atom stereocenters. The molecule has 0 spiro atoms. The van der Waals surface area contributed by atoms with Gasteiger partial charge in [0.1, 0.15) is 5.75 Å². The molecule has 0 aliphatic rings. The van der Waals surface area contributed by atoms with Crippen LogP contribution in [0.2, 0.25) is 10.0 Å². The highest BCUT2D eigenvalue weighted by Gasteiger charge is 2.09. The lowest BCUT2D eigenvalue weighted by Crippen LogP contribution is -2.20. The Morgan fingerprint density at radius 3 is 2.57 bits per heavy atom. The van der Waals surface area contributed by atoms with Gasteiger partial charge in [0.2, 0.25) is 5.91 Å². The summed E-state index contributed by atoms with van der Waals surface area (Å²) in [6.45, 7) is 1.21. The SMILES string of the molecule is CC(=O)Nc1cccc(OCC(=O)Nc2cccc(Cl)c2Cl)c1. The van der Waals surface area contributed by atoms with E-state index >= 15 is 0 Å². The maximum Gasteiger partial charge on any atom is 0.262 e. The lowest BCUT2D eigenvalue weighted by Gasteiger charge is -2.10. The van der Waals surface area contributed by atoms with E-state index in [1.807, 2.05) is 0 Å². The minimum Gasteiger partial charge on any atom is -0.484 e. The number of ether oxygens (including phenoxy) is 1. The second-order valence-electron chi connectivity index (χ2n) is 4.65. The molecule has 2 aromatic carbocycles. The average molecular weight is 353 g/mol. The molecule has 120 valence electrons. The summed E-state index contributed by atoms with van der Waals surface area (Å²) in [6.07, 6.45) is 0. The molecule has 0 unspecified atom stereocenters.